The molecule has 40 heavy (non-hydrogen) atoms. The van der Waals surface area contributed by atoms with Crippen molar-refractivity contribution in [3.63, 3.8) is 0 Å². The molecule has 1 aliphatic rings. The van der Waals surface area contributed by atoms with Gasteiger partial charge in [-0.1, -0.05) is 42.5 Å². The largest absolute Gasteiger partial charge is 0.493 e. The third kappa shape index (κ3) is 5.46. The molecule has 0 aliphatic carbocycles. The predicted molar refractivity (Wildman–Crippen MR) is 150 cm³/mol. The van der Waals surface area contributed by atoms with Gasteiger partial charge in [-0.15, -0.1) is 10.2 Å². The van der Waals surface area contributed by atoms with E-state index >= 15 is 0 Å². The number of fused-ring (bicyclic) bond motifs is 1. The molecule has 0 spiro atoms. The Morgan fingerprint density at radius 1 is 0.850 bits per heavy atom. The van der Waals surface area contributed by atoms with Crippen LogP contribution in [0, 0.1) is 5.82 Å². The molecule has 6 rings (SSSR count). The zero-order chi connectivity index (χ0) is 27.5. The molecule has 2 aromatic heterocycles. The summed E-state index contributed by atoms with van der Waals surface area (Å²) >= 11 is 0. The first-order valence-electron chi connectivity index (χ1n) is 13.2. The van der Waals surface area contributed by atoms with E-state index in [2.05, 4.69) is 39.4 Å². The summed E-state index contributed by atoms with van der Waals surface area (Å²) in [6.07, 6.45) is 1.41. The Balaban J connectivity index is 1.38. The number of nitrogens with zero attached hydrogens (tertiary/aromatic N) is 6. The van der Waals surface area contributed by atoms with Crippen molar-refractivity contribution >= 4 is 11.2 Å². The summed E-state index contributed by atoms with van der Waals surface area (Å²) in [7, 11) is 3.19. The van der Waals surface area contributed by atoms with Crippen LogP contribution < -0.4 is 9.47 Å². The topological polar surface area (TPSA) is 86.2 Å². The van der Waals surface area contributed by atoms with Crippen molar-refractivity contribution in [2.75, 3.05) is 27.3 Å². The zero-order valence-electron chi connectivity index (χ0n) is 22.4. The van der Waals surface area contributed by atoms with Crippen LogP contribution >= 0.6 is 0 Å². The fourth-order valence-electron chi connectivity index (χ4n) is 5.19. The molecular weight excluding hydrogens is 507 g/mol. The smallest absolute Gasteiger partial charge is 0.204 e. The Morgan fingerprint density at radius 3 is 2.42 bits per heavy atom. The van der Waals surface area contributed by atoms with Gasteiger partial charge in [0.15, 0.2) is 17.3 Å². The zero-order valence-corrected chi connectivity index (χ0v) is 22.4. The molecule has 0 bridgehead atoms. The maximum Gasteiger partial charge on any atom is 0.204 e. The van der Waals surface area contributed by atoms with Crippen molar-refractivity contribution in [2.45, 2.75) is 25.3 Å². The number of rotatable bonds is 8. The number of hydrogen-bond donors (Lipinski definition) is 0. The average molecular weight is 537 g/mol. The molecule has 0 amide bonds. The Bertz CT molecular complexity index is 1630. The second-order valence-corrected chi connectivity index (χ2v) is 9.91. The first-order valence-corrected chi connectivity index (χ1v) is 13.2. The Morgan fingerprint density at radius 2 is 1.65 bits per heavy atom. The molecule has 1 aliphatic heterocycles. The summed E-state index contributed by atoms with van der Waals surface area (Å²) in [6, 6.07) is 22.4. The van der Waals surface area contributed by atoms with E-state index in [0.717, 1.165) is 42.9 Å². The number of methoxy groups -OCH3 is 2. The lowest BCUT2D eigenvalue weighted by molar-refractivity contribution is 0.326. The molecule has 9 heteroatoms. The number of halogens is 1. The fraction of sp³-hybridized carbons (Fsp3) is 0.258. The number of aromatic nitrogens is 5. The van der Waals surface area contributed by atoms with Gasteiger partial charge in [-0.2, -0.15) is 0 Å². The van der Waals surface area contributed by atoms with Crippen LogP contribution in [0.5, 0.6) is 11.5 Å². The SMILES string of the molecule is COc1ccc(-c2nnc3nc(Cc4ccc(F)cc4)nc(C4CCN(Cc5ccccc5)C4)c3n2)cc1OC. The molecule has 1 fully saturated rings. The monoisotopic (exact) mass is 536 g/mol. The highest BCUT2D eigenvalue weighted by atomic mass is 19.1. The van der Waals surface area contributed by atoms with Gasteiger partial charge in [-0.05, 0) is 54.4 Å². The minimum absolute atomic E-state index is 0.163. The number of benzene rings is 3. The Kier molecular flexibility index (Phi) is 7.29. The normalized spacial score (nSPS) is 15.4. The lowest BCUT2D eigenvalue weighted by Gasteiger charge is -2.17. The van der Waals surface area contributed by atoms with Gasteiger partial charge in [0.2, 0.25) is 5.65 Å². The van der Waals surface area contributed by atoms with Crippen LogP contribution in [0.15, 0.2) is 72.8 Å². The molecule has 0 radical (unpaired) electrons. The summed E-state index contributed by atoms with van der Waals surface area (Å²) in [5.74, 6) is 2.18. The van der Waals surface area contributed by atoms with Crippen molar-refractivity contribution in [3.05, 3.63) is 101 Å². The van der Waals surface area contributed by atoms with E-state index in [1.807, 2.05) is 24.3 Å². The second-order valence-electron chi connectivity index (χ2n) is 9.91. The second kappa shape index (κ2) is 11.3. The van der Waals surface area contributed by atoms with E-state index in [1.54, 1.807) is 26.4 Å². The molecule has 202 valence electrons. The highest BCUT2D eigenvalue weighted by Gasteiger charge is 2.28. The molecule has 5 aromatic rings. The predicted octanol–water partition coefficient (Wildman–Crippen LogP) is 5.22. The summed E-state index contributed by atoms with van der Waals surface area (Å²) in [5, 5.41) is 8.88. The van der Waals surface area contributed by atoms with Crippen LogP contribution in [0.3, 0.4) is 0 Å². The van der Waals surface area contributed by atoms with E-state index in [0.29, 0.717) is 40.7 Å². The maximum absolute atomic E-state index is 13.5. The third-order valence-electron chi connectivity index (χ3n) is 7.22. The molecule has 3 heterocycles. The van der Waals surface area contributed by atoms with Gasteiger partial charge in [-0.3, -0.25) is 4.90 Å². The van der Waals surface area contributed by atoms with Gasteiger partial charge in [-0.25, -0.2) is 19.3 Å². The summed E-state index contributed by atoms with van der Waals surface area (Å²) in [4.78, 5) is 17.1. The number of hydrogen-bond acceptors (Lipinski definition) is 8. The van der Waals surface area contributed by atoms with Crippen LogP contribution in [-0.4, -0.2) is 57.4 Å². The van der Waals surface area contributed by atoms with Gasteiger partial charge < -0.3 is 9.47 Å². The first kappa shape index (κ1) is 25.8. The van der Waals surface area contributed by atoms with Crippen LogP contribution in [0.2, 0.25) is 0 Å². The summed E-state index contributed by atoms with van der Waals surface area (Å²) < 4.78 is 24.3. The lowest BCUT2D eigenvalue weighted by atomic mass is 10.0. The van der Waals surface area contributed by atoms with Crippen molar-refractivity contribution in [1.82, 2.24) is 30.0 Å². The third-order valence-corrected chi connectivity index (χ3v) is 7.22. The van der Waals surface area contributed by atoms with Gasteiger partial charge in [0.25, 0.3) is 0 Å². The standard InChI is InChI=1S/C31H29FN6O2/c1-39-25-13-10-22(17-26(25)40-2)30-35-29-28(23-14-15-38(19-23)18-21-6-4-3-5-7-21)33-27(34-31(29)37-36-30)16-20-8-11-24(32)12-9-20/h3-13,17,23H,14-16,18-19H2,1-2H3. The van der Waals surface area contributed by atoms with Crippen LogP contribution in [0.4, 0.5) is 4.39 Å². The van der Waals surface area contributed by atoms with Crippen molar-refractivity contribution in [2.24, 2.45) is 0 Å². The molecule has 1 atom stereocenters. The van der Waals surface area contributed by atoms with Crippen molar-refractivity contribution in [3.8, 4) is 22.9 Å². The average Bonchev–Trinajstić information content (AvgIpc) is 3.46. The van der Waals surface area contributed by atoms with Crippen LogP contribution in [0.1, 0.15) is 35.0 Å². The molecule has 8 nitrogen and oxygen atoms in total. The summed E-state index contributed by atoms with van der Waals surface area (Å²) in [5.41, 5.74) is 4.93. The molecule has 3 aromatic carbocycles. The minimum Gasteiger partial charge on any atom is -0.493 e. The maximum atomic E-state index is 13.5. The van der Waals surface area contributed by atoms with Gasteiger partial charge in [0.05, 0.1) is 19.9 Å². The van der Waals surface area contributed by atoms with E-state index in [9.17, 15) is 4.39 Å². The van der Waals surface area contributed by atoms with E-state index < -0.39 is 0 Å². The van der Waals surface area contributed by atoms with Crippen molar-refractivity contribution < 1.29 is 13.9 Å². The Hall–Kier alpha value is -4.50. The fourth-order valence-corrected chi connectivity index (χ4v) is 5.19. The highest BCUT2D eigenvalue weighted by Crippen LogP contribution is 2.33. The first-order chi connectivity index (χ1) is 19.6. The molecular formula is C31H29FN6O2. The molecule has 0 saturated carbocycles. The van der Waals surface area contributed by atoms with E-state index in [1.165, 1.54) is 17.7 Å². The van der Waals surface area contributed by atoms with Crippen LogP contribution in [0.25, 0.3) is 22.6 Å². The van der Waals surface area contributed by atoms with Gasteiger partial charge in [0, 0.05) is 31.0 Å². The van der Waals surface area contributed by atoms with Gasteiger partial charge in [0.1, 0.15) is 17.2 Å². The number of likely N-dealkylation sites (tertiary alicyclic amines) is 1. The minimum atomic E-state index is -0.272. The van der Waals surface area contributed by atoms with Gasteiger partial charge >= 0.3 is 0 Å². The molecule has 1 saturated heterocycles. The lowest BCUT2D eigenvalue weighted by Crippen LogP contribution is -2.20. The highest BCUT2D eigenvalue weighted by molar-refractivity contribution is 5.75. The van der Waals surface area contributed by atoms with E-state index in [4.69, 9.17) is 24.4 Å². The number of ether oxygens (including phenoxy) is 2. The van der Waals surface area contributed by atoms with Crippen molar-refractivity contribution in [1.29, 1.82) is 0 Å². The van der Waals surface area contributed by atoms with Crippen LogP contribution in [-0.2, 0) is 13.0 Å². The summed E-state index contributed by atoms with van der Waals surface area (Å²) in [6.45, 7) is 2.69. The quantitative estimate of drug-likeness (QED) is 0.267. The van der Waals surface area contributed by atoms with E-state index in [-0.39, 0.29) is 11.7 Å². The molecule has 0 N–H and O–H groups in total. The Labute approximate surface area is 231 Å². The molecule has 1 unspecified atom stereocenters.